The molecular formula is C18H22ClN. The quantitative estimate of drug-likeness (QED) is 0.827. The lowest BCUT2D eigenvalue weighted by atomic mass is 9.94. The molecule has 0 radical (unpaired) electrons. The molecule has 106 valence electrons. The van der Waals surface area contributed by atoms with Crippen molar-refractivity contribution in [2.75, 3.05) is 7.05 Å². The molecule has 0 aliphatic carbocycles. The molecule has 0 amide bonds. The zero-order valence-electron chi connectivity index (χ0n) is 12.6. The molecule has 1 unspecified atom stereocenters. The summed E-state index contributed by atoms with van der Waals surface area (Å²) in [5.74, 6) is 0.561. The SMILES string of the molecule is CNC(c1ccc(C(C)C)cc1)c1cc(C)cc(Cl)c1. The van der Waals surface area contributed by atoms with Gasteiger partial charge in [0.05, 0.1) is 6.04 Å². The summed E-state index contributed by atoms with van der Waals surface area (Å²) in [6.45, 7) is 6.50. The van der Waals surface area contributed by atoms with E-state index >= 15 is 0 Å². The molecule has 0 bridgehead atoms. The summed E-state index contributed by atoms with van der Waals surface area (Å²) in [6, 6.07) is 15.2. The van der Waals surface area contributed by atoms with Crippen LogP contribution in [-0.4, -0.2) is 7.05 Å². The Morgan fingerprint density at radius 3 is 2.00 bits per heavy atom. The number of benzene rings is 2. The number of rotatable bonds is 4. The van der Waals surface area contributed by atoms with Crippen LogP contribution in [0, 0.1) is 6.92 Å². The number of hydrogen-bond acceptors (Lipinski definition) is 1. The van der Waals surface area contributed by atoms with Gasteiger partial charge in [0.25, 0.3) is 0 Å². The highest BCUT2D eigenvalue weighted by atomic mass is 35.5. The molecule has 0 aliphatic heterocycles. The second kappa shape index (κ2) is 6.43. The van der Waals surface area contributed by atoms with E-state index in [2.05, 4.69) is 56.4 Å². The Morgan fingerprint density at radius 2 is 1.50 bits per heavy atom. The summed E-state index contributed by atoms with van der Waals surface area (Å²) in [6.07, 6.45) is 0. The monoisotopic (exact) mass is 287 g/mol. The van der Waals surface area contributed by atoms with Crippen molar-refractivity contribution in [1.29, 1.82) is 0 Å². The highest BCUT2D eigenvalue weighted by Gasteiger charge is 2.13. The van der Waals surface area contributed by atoms with Crippen molar-refractivity contribution in [1.82, 2.24) is 5.32 Å². The van der Waals surface area contributed by atoms with E-state index in [0.29, 0.717) is 5.92 Å². The molecule has 0 saturated carbocycles. The Labute approximate surface area is 127 Å². The second-order valence-electron chi connectivity index (χ2n) is 5.60. The van der Waals surface area contributed by atoms with Gasteiger partial charge in [0.15, 0.2) is 0 Å². The third kappa shape index (κ3) is 3.41. The lowest BCUT2D eigenvalue weighted by molar-refractivity contribution is 0.690. The van der Waals surface area contributed by atoms with Crippen LogP contribution < -0.4 is 5.32 Å². The second-order valence-corrected chi connectivity index (χ2v) is 6.04. The third-order valence-electron chi connectivity index (χ3n) is 3.62. The average Bonchev–Trinajstić information content (AvgIpc) is 2.39. The van der Waals surface area contributed by atoms with Crippen LogP contribution in [0.3, 0.4) is 0 Å². The molecule has 0 spiro atoms. The van der Waals surface area contributed by atoms with Crippen molar-refractivity contribution < 1.29 is 0 Å². The lowest BCUT2D eigenvalue weighted by Crippen LogP contribution is -2.17. The van der Waals surface area contributed by atoms with E-state index in [1.165, 1.54) is 22.3 Å². The molecule has 2 aromatic rings. The van der Waals surface area contributed by atoms with Crippen LogP contribution in [0.2, 0.25) is 5.02 Å². The van der Waals surface area contributed by atoms with Crippen molar-refractivity contribution in [3.05, 3.63) is 69.7 Å². The summed E-state index contributed by atoms with van der Waals surface area (Å²) in [7, 11) is 1.98. The molecule has 1 N–H and O–H groups in total. The number of halogens is 1. The molecule has 20 heavy (non-hydrogen) atoms. The third-order valence-corrected chi connectivity index (χ3v) is 3.84. The van der Waals surface area contributed by atoms with Gasteiger partial charge in [-0.25, -0.2) is 0 Å². The van der Waals surface area contributed by atoms with Gasteiger partial charge >= 0.3 is 0 Å². The molecule has 1 nitrogen and oxygen atoms in total. The number of hydrogen-bond donors (Lipinski definition) is 1. The molecule has 2 heteroatoms. The Morgan fingerprint density at radius 1 is 0.900 bits per heavy atom. The smallest absolute Gasteiger partial charge is 0.0574 e. The zero-order chi connectivity index (χ0) is 14.7. The zero-order valence-corrected chi connectivity index (χ0v) is 13.3. The van der Waals surface area contributed by atoms with Crippen molar-refractivity contribution in [3.63, 3.8) is 0 Å². The first-order valence-corrected chi connectivity index (χ1v) is 7.43. The van der Waals surface area contributed by atoms with Gasteiger partial charge < -0.3 is 5.32 Å². The highest BCUT2D eigenvalue weighted by Crippen LogP contribution is 2.26. The molecule has 0 aromatic heterocycles. The minimum Gasteiger partial charge on any atom is -0.309 e. The first kappa shape index (κ1) is 15.1. The molecule has 0 fully saturated rings. The van der Waals surface area contributed by atoms with E-state index in [1.807, 2.05) is 19.2 Å². The predicted molar refractivity (Wildman–Crippen MR) is 87.6 cm³/mol. The standard InChI is InChI=1S/C18H22ClN/c1-12(2)14-5-7-15(8-6-14)18(20-4)16-9-13(3)10-17(19)11-16/h5-12,18,20H,1-4H3. The van der Waals surface area contributed by atoms with Crippen molar-refractivity contribution in [2.24, 2.45) is 0 Å². The van der Waals surface area contributed by atoms with Gasteiger partial charge in [-0.15, -0.1) is 0 Å². The van der Waals surface area contributed by atoms with Crippen molar-refractivity contribution in [3.8, 4) is 0 Å². The van der Waals surface area contributed by atoms with Crippen molar-refractivity contribution in [2.45, 2.75) is 32.7 Å². The van der Waals surface area contributed by atoms with Crippen LogP contribution in [0.15, 0.2) is 42.5 Å². The normalized spacial score (nSPS) is 12.7. The fraction of sp³-hybridized carbons (Fsp3) is 0.333. The van der Waals surface area contributed by atoms with E-state index < -0.39 is 0 Å². The van der Waals surface area contributed by atoms with Crippen LogP contribution in [0.5, 0.6) is 0 Å². The van der Waals surface area contributed by atoms with Gasteiger partial charge in [0.2, 0.25) is 0 Å². The largest absolute Gasteiger partial charge is 0.309 e. The Hall–Kier alpha value is -1.31. The minimum absolute atomic E-state index is 0.175. The van der Waals surface area contributed by atoms with Crippen LogP contribution in [-0.2, 0) is 0 Å². The summed E-state index contributed by atoms with van der Waals surface area (Å²) in [4.78, 5) is 0. The van der Waals surface area contributed by atoms with E-state index in [1.54, 1.807) is 0 Å². The van der Waals surface area contributed by atoms with Gasteiger partial charge in [-0.05, 0) is 54.3 Å². The lowest BCUT2D eigenvalue weighted by Gasteiger charge is -2.19. The van der Waals surface area contributed by atoms with Gasteiger partial charge in [-0.3, -0.25) is 0 Å². The van der Waals surface area contributed by atoms with E-state index in [4.69, 9.17) is 11.6 Å². The Balaban J connectivity index is 2.36. The summed E-state index contributed by atoms with van der Waals surface area (Å²) in [5.41, 5.74) is 5.02. The first-order valence-electron chi connectivity index (χ1n) is 7.05. The molecule has 2 rings (SSSR count). The Bertz CT molecular complexity index is 552. The highest BCUT2D eigenvalue weighted by molar-refractivity contribution is 6.30. The number of nitrogens with one attached hydrogen (secondary N) is 1. The fourth-order valence-corrected chi connectivity index (χ4v) is 2.83. The molecule has 0 aliphatic rings. The topological polar surface area (TPSA) is 12.0 Å². The van der Waals surface area contributed by atoms with Crippen LogP contribution in [0.4, 0.5) is 0 Å². The van der Waals surface area contributed by atoms with E-state index in [9.17, 15) is 0 Å². The van der Waals surface area contributed by atoms with Gasteiger partial charge in [-0.1, -0.05) is 55.8 Å². The molecule has 0 saturated heterocycles. The molecule has 0 heterocycles. The van der Waals surface area contributed by atoms with Gasteiger partial charge in [0, 0.05) is 5.02 Å². The van der Waals surface area contributed by atoms with Crippen molar-refractivity contribution >= 4 is 11.6 Å². The maximum atomic E-state index is 6.18. The maximum absolute atomic E-state index is 6.18. The van der Waals surface area contributed by atoms with E-state index in [-0.39, 0.29) is 6.04 Å². The van der Waals surface area contributed by atoms with E-state index in [0.717, 1.165) is 5.02 Å². The first-order chi connectivity index (χ1) is 9.51. The van der Waals surface area contributed by atoms with Gasteiger partial charge in [-0.2, -0.15) is 0 Å². The average molecular weight is 288 g/mol. The predicted octanol–water partition coefficient (Wildman–Crippen LogP) is 5.08. The van der Waals surface area contributed by atoms with Gasteiger partial charge in [0.1, 0.15) is 0 Å². The van der Waals surface area contributed by atoms with Crippen LogP contribution in [0.25, 0.3) is 0 Å². The minimum atomic E-state index is 0.175. The Kier molecular flexibility index (Phi) is 4.85. The molecule has 1 atom stereocenters. The van der Waals surface area contributed by atoms with Crippen LogP contribution >= 0.6 is 11.6 Å². The molecule has 2 aromatic carbocycles. The van der Waals surface area contributed by atoms with Crippen LogP contribution in [0.1, 0.15) is 48.1 Å². The molecular weight excluding hydrogens is 266 g/mol. The maximum Gasteiger partial charge on any atom is 0.0574 e. The summed E-state index contributed by atoms with van der Waals surface area (Å²) in [5, 5.41) is 4.17. The number of aryl methyl sites for hydroxylation is 1. The summed E-state index contributed by atoms with van der Waals surface area (Å²) < 4.78 is 0. The fourth-order valence-electron chi connectivity index (χ4n) is 2.53. The summed E-state index contributed by atoms with van der Waals surface area (Å²) >= 11 is 6.18.